The third-order valence-corrected chi connectivity index (χ3v) is 8.78. The second-order valence-electron chi connectivity index (χ2n) is 11.5. The quantitative estimate of drug-likeness (QED) is 0.323. The smallest absolute Gasteiger partial charge is 0.336 e. The number of nitrogens with zero attached hydrogens (tertiary/aromatic N) is 1. The molecule has 1 atom stereocenters. The lowest BCUT2D eigenvalue weighted by Gasteiger charge is -2.32. The van der Waals surface area contributed by atoms with Crippen molar-refractivity contribution in [1.29, 1.82) is 0 Å². The Bertz CT molecular complexity index is 1650. The first kappa shape index (κ1) is 30.3. The third kappa shape index (κ3) is 6.02. The number of carbonyl (C=O) groups is 2. The average molecular weight is 585 g/mol. The largest absolute Gasteiger partial charge is 0.466 e. The van der Waals surface area contributed by atoms with E-state index in [0.717, 1.165) is 18.4 Å². The van der Waals surface area contributed by atoms with Crippen LogP contribution in [0.3, 0.4) is 0 Å². The Morgan fingerprint density at radius 1 is 0.930 bits per heavy atom. The van der Waals surface area contributed by atoms with E-state index in [4.69, 9.17) is 13.9 Å². The summed E-state index contributed by atoms with van der Waals surface area (Å²) in [6.45, 7) is 6.13. The second-order valence-corrected chi connectivity index (χ2v) is 11.5. The molecule has 226 valence electrons. The molecule has 1 aromatic heterocycles. The Kier molecular flexibility index (Phi) is 9.16. The Morgan fingerprint density at radius 3 is 2.28 bits per heavy atom. The van der Waals surface area contributed by atoms with Gasteiger partial charge in [-0.2, -0.15) is 0 Å². The summed E-state index contributed by atoms with van der Waals surface area (Å²) in [7, 11) is 3.38. The van der Waals surface area contributed by atoms with Crippen LogP contribution in [0.25, 0.3) is 22.3 Å². The van der Waals surface area contributed by atoms with E-state index in [2.05, 4.69) is 17.3 Å². The van der Waals surface area contributed by atoms with Crippen molar-refractivity contribution in [1.82, 2.24) is 10.2 Å². The maximum Gasteiger partial charge on any atom is 0.336 e. The third-order valence-electron chi connectivity index (χ3n) is 8.78. The summed E-state index contributed by atoms with van der Waals surface area (Å²) in [5, 5.41) is 3.56. The zero-order chi connectivity index (χ0) is 30.7. The molecule has 2 aromatic carbocycles. The van der Waals surface area contributed by atoms with Gasteiger partial charge in [0.2, 0.25) is 0 Å². The molecular weight excluding hydrogens is 544 g/mol. The lowest BCUT2D eigenvalue weighted by atomic mass is 9.79. The normalized spacial score (nSPS) is 17.8. The number of allylic oxidation sites excluding steroid dienone is 2. The molecule has 0 amide bonds. The van der Waals surface area contributed by atoms with E-state index in [-0.39, 0.29) is 23.2 Å². The van der Waals surface area contributed by atoms with Crippen molar-refractivity contribution in [2.45, 2.75) is 64.8 Å². The Morgan fingerprint density at radius 2 is 1.60 bits per heavy atom. The highest BCUT2D eigenvalue weighted by Crippen LogP contribution is 2.42. The van der Waals surface area contributed by atoms with Gasteiger partial charge in [-0.05, 0) is 46.7 Å². The number of benzene rings is 2. The molecule has 1 saturated carbocycles. The van der Waals surface area contributed by atoms with Crippen LogP contribution in [-0.4, -0.2) is 50.2 Å². The highest BCUT2D eigenvalue weighted by atomic mass is 16.5. The fourth-order valence-electron chi connectivity index (χ4n) is 6.44. The van der Waals surface area contributed by atoms with Gasteiger partial charge in [-0.15, -0.1) is 0 Å². The zero-order valence-electron chi connectivity index (χ0n) is 25.6. The highest BCUT2D eigenvalue weighted by Gasteiger charge is 2.39. The summed E-state index contributed by atoms with van der Waals surface area (Å²) >= 11 is 0. The summed E-state index contributed by atoms with van der Waals surface area (Å²) in [4.78, 5) is 43.0. The molecule has 8 nitrogen and oxygen atoms in total. The predicted molar refractivity (Wildman–Crippen MR) is 166 cm³/mol. The minimum Gasteiger partial charge on any atom is -0.466 e. The number of methoxy groups -OCH3 is 1. The Balaban J connectivity index is 1.58. The van der Waals surface area contributed by atoms with Gasteiger partial charge < -0.3 is 24.1 Å². The topological polar surface area (TPSA) is 98.1 Å². The maximum absolute atomic E-state index is 13.9. The van der Waals surface area contributed by atoms with Crippen molar-refractivity contribution in [3.05, 3.63) is 92.4 Å². The SMILES string of the molecule is COC(=O)C1=C(C)NC(C)=C(C(=O)OCCN(C)C2CCCCC2)C1c1cccc2c(=O)c(C)c(-c3ccccc3)oc12. The molecule has 0 saturated heterocycles. The summed E-state index contributed by atoms with van der Waals surface area (Å²) in [6, 6.07) is 15.2. The van der Waals surface area contributed by atoms with Crippen LogP contribution in [0.4, 0.5) is 0 Å². The van der Waals surface area contributed by atoms with Crippen molar-refractivity contribution in [3.8, 4) is 11.3 Å². The van der Waals surface area contributed by atoms with Gasteiger partial charge in [0.1, 0.15) is 18.0 Å². The molecule has 0 bridgehead atoms. The van der Waals surface area contributed by atoms with E-state index in [1.807, 2.05) is 30.3 Å². The Hall–Kier alpha value is -4.17. The van der Waals surface area contributed by atoms with Gasteiger partial charge in [0.25, 0.3) is 0 Å². The maximum atomic E-state index is 13.9. The van der Waals surface area contributed by atoms with E-state index in [1.165, 1.54) is 26.4 Å². The van der Waals surface area contributed by atoms with Crippen LogP contribution in [0, 0.1) is 6.92 Å². The number of rotatable bonds is 8. The number of nitrogens with one attached hydrogen (secondary N) is 1. The molecule has 2 aliphatic rings. The van der Waals surface area contributed by atoms with Gasteiger partial charge in [0.15, 0.2) is 5.43 Å². The van der Waals surface area contributed by atoms with Crippen LogP contribution < -0.4 is 10.7 Å². The van der Waals surface area contributed by atoms with Crippen molar-refractivity contribution in [2.24, 2.45) is 0 Å². The van der Waals surface area contributed by atoms with Crippen LogP contribution in [-0.2, 0) is 19.1 Å². The summed E-state index contributed by atoms with van der Waals surface area (Å²) < 4.78 is 17.6. The summed E-state index contributed by atoms with van der Waals surface area (Å²) in [5.74, 6) is -1.55. The number of fused-ring (bicyclic) bond motifs is 1. The zero-order valence-corrected chi connectivity index (χ0v) is 25.6. The van der Waals surface area contributed by atoms with Crippen LogP contribution >= 0.6 is 0 Å². The lowest BCUT2D eigenvalue weighted by molar-refractivity contribution is -0.140. The van der Waals surface area contributed by atoms with E-state index < -0.39 is 17.9 Å². The van der Waals surface area contributed by atoms with E-state index in [0.29, 0.717) is 51.8 Å². The van der Waals surface area contributed by atoms with Gasteiger partial charge >= 0.3 is 11.9 Å². The number of dihydropyridines is 1. The van der Waals surface area contributed by atoms with Gasteiger partial charge in [-0.1, -0.05) is 61.7 Å². The van der Waals surface area contributed by atoms with Gasteiger partial charge in [0, 0.05) is 40.7 Å². The van der Waals surface area contributed by atoms with Crippen molar-refractivity contribution < 1.29 is 23.5 Å². The van der Waals surface area contributed by atoms with Gasteiger partial charge in [-0.3, -0.25) is 4.79 Å². The molecule has 1 aliphatic carbocycles. The summed E-state index contributed by atoms with van der Waals surface area (Å²) in [6.07, 6.45) is 6.04. The molecular formula is C35H40N2O6. The van der Waals surface area contributed by atoms with Crippen molar-refractivity contribution in [2.75, 3.05) is 27.3 Å². The van der Waals surface area contributed by atoms with Crippen LogP contribution in [0.1, 0.15) is 63.0 Å². The molecule has 8 heteroatoms. The molecule has 5 rings (SSSR count). The highest BCUT2D eigenvalue weighted by molar-refractivity contribution is 6.01. The number of hydrogen-bond acceptors (Lipinski definition) is 8. The molecule has 3 aromatic rings. The minimum absolute atomic E-state index is 0.174. The fraction of sp³-hybridized carbons (Fsp3) is 0.400. The number of likely N-dealkylation sites (N-methyl/N-ethyl adjacent to an activating group) is 1. The Labute approximate surface area is 252 Å². The van der Waals surface area contributed by atoms with E-state index in [9.17, 15) is 14.4 Å². The monoisotopic (exact) mass is 584 g/mol. The van der Waals surface area contributed by atoms with E-state index >= 15 is 0 Å². The van der Waals surface area contributed by atoms with Crippen LogP contribution in [0.2, 0.25) is 0 Å². The number of esters is 2. The average Bonchev–Trinajstić information content (AvgIpc) is 3.02. The van der Waals surface area contributed by atoms with Crippen LogP contribution in [0.15, 0.2) is 80.3 Å². The fourth-order valence-corrected chi connectivity index (χ4v) is 6.44. The van der Waals surface area contributed by atoms with Crippen molar-refractivity contribution in [3.63, 3.8) is 0 Å². The second kappa shape index (κ2) is 13.0. The first-order valence-electron chi connectivity index (χ1n) is 15.0. The molecule has 0 radical (unpaired) electrons. The molecule has 1 unspecified atom stereocenters. The molecule has 2 heterocycles. The molecule has 0 spiro atoms. The summed E-state index contributed by atoms with van der Waals surface area (Å²) in [5.41, 5.74) is 3.55. The number of carbonyl (C=O) groups excluding carboxylic acids is 2. The number of ether oxygens (including phenoxy) is 2. The molecule has 1 aliphatic heterocycles. The number of para-hydroxylation sites is 1. The van der Waals surface area contributed by atoms with Crippen LogP contribution in [0.5, 0.6) is 0 Å². The minimum atomic E-state index is -0.879. The predicted octanol–water partition coefficient (Wildman–Crippen LogP) is 5.98. The molecule has 43 heavy (non-hydrogen) atoms. The van der Waals surface area contributed by atoms with Gasteiger partial charge in [0.05, 0.1) is 29.6 Å². The first-order valence-corrected chi connectivity index (χ1v) is 15.0. The van der Waals surface area contributed by atoms with Crippen molar-refractivity contribution >= 4 is 22.9 Å². The number of hydrogen-bond donors (Lipinski definition) is 1. The van der Waals surface area contributed by atoms with E-state index in [1.54, 1.807) is 39.0 Å². The molecule has 1 fully saturated rings. The first-order chi connectivity index (χ1) is 20.7. The molecule has 1 N–H and O–H groups in total. The van der Waals surface area contributed by atoms with Gasteiger partial charge in [-0.25, -0.2) is 9.59 Å². The lowest BCUT2D eigenvalue weighted by Crippen LogP contribution is -2.37. The standard InChI is InChI=1S/C35H40N2O6/c1-21-31(38)27-18-12-17-26(33(27)43-32(21)24-13-8-6-9-14-24)30-28(34(39)41-5)22(2)36-23(3)29(30)35(40)42-20-19-37(4)25-15-10-7-11-16-25/h6,8-9,12-14,17-18,25,30,36H,7,10-11,15-16,19-20H2,1-5H3.